The fourth-order valence-corrected chi connectivity index (χ4v) is 1.23. The molecular formula is C10H13N5O. The monoisotopic (exact) mass is 219 g/mol. The Morgan fingerprint density at radius 2 is 2.12 bits per heavy atom. The highest BCUT2D eigenvalue weighted by molar-refractivity contribution is 5.33. The van der Waals surface area contributed by atoms with Crippen LogP contribution in [0.15, 0.2) is 17.0 Å². The van der Waals surface area contributed by atoms with E-state index >= 15 is 0 Å². The van der Waals surface area contributed by atoms with Gasteiger partial charge in [-0.25, -0.2) is 4.98 Å². The maximum absolute atomic E-state index is 4.88. The molecule has 0 saturated carbocycles. The molecule has 0 atom stereocenters. The van der Waals surface area contributed by atoms with Crippen LogP contribution in [0, 0.1) is 13.8 Å². The van der Waals surface area contributed by atoms with E-state index in [1.54, 1.807) is 6.20 Å². The first-order valence-corrected chi connectivity index (χ1v) is 5.05. The van der Waals surface area contributed by atoms with Crippen LogP contribution in [-0.4, -0.2) is 26.7 Å². The lowest BCUT2D eigenvalue weighted by atomic mass is 10.3. The highest BCUT2D eigenvalue weighted by atomic mass is 16.5. The molecule has 0 unspecified atom stereocenters. The predicted octanol–water partition coefficient (Wildman–Crippen LogP) is 1.13. The van der Waals surface area contributed by atoms with E-state index in [1.807, 2.05) is 13.8 Å². The van der Waals surface area contributed by atoms with Crippen molar-refractivity contribution in [3.63, 3.8) is 0 Å². The fourth-order valence-electron chi connectivity index (χ4n) is 1.23. The van der Waals surface area contributed by atoms with Gasteiger partial charge in [0.25, 0.3) is 0 Å². The van der Waals surface area contributed by atoms with Gasteiger partial charge in [-0.1, -0.05) is 5.16 Å². The van der Waals surface area contributed by atoms with Crippen molar-refractivity contribution in [2.75, 3.05) is 11.9 Å². The lowest BCUT2D eigenvalue weighted by Gasteiger charge is -2.05. The molecule has 6 heteroatoms. The highest BCUT2D eigenvalue weighted by Crippen LogP contribution is 2.05. The van der Waals surface area contributed by atoms with Gasteiger partial charge in [-0.2, -0.15) is 4.98 Å². The summed E-state index contributed by atoms with van der Waals surface area (Å²) in [4.78, 5) is 12.5. The van der Waals surface area contributed by atoms with Gasteiger partial charge in [-0.15, -0.1) is 0 Å². The topological polar surface area (TPSA) is 76.7 Å². The van der Waals surface area contributed by atoms with Gasteiger partial charge in [0.1, 0.15) is 5.82 Å². The first-order chi connectivity index (χ1) is 7.75. The van der Waals surface area contributed by atoms with E-state index in [-0.39, 0.29) is 0 Å². The van der Waals surface area contributed by atoms with Crippen LogP contribution in [-0.2, 0) is 6.42 Å². The summed E-state index contributed by atoms with van der Waals surface area (Å²) in [7, 11) is 0. The molecule has 2 heterocycles. The second kappa shape index (κ2) is 4.69. The van der Waals surface area contributed by atoms with Crippen molar-refractivity contribution in [1.29, 1.82) is 0 Å². The Balaban J connectivity index is 1.87. The van der Waals surface area contributed by atoms with Crippen LogP contribution in [0.25, 0.3) is 0 Å². The van der Waals surface area contributed by atoms with E-state index in [1.165, 1.54) is 6.33 Å². The van der Waals surface area contributed by atoms with Gasteiger partial charge >= 0.3 is 0 Å². The second-order valence-electron chi connectivity index (χ2n) is 3.44. The van der Waals surface area contributed by atoms with E-state index in [0.29, 0.717) is 18.9 Å². The van der Waals surface area contributed by atoms with Crippen molar-refractivity contribution >= 4 is 5.82 Å². The minimum atomic E-state index is 0.615. The number of nitrogens with zero attached hydrogens (tertiary/aromatic N) is 4. The lowest BCUT2D eigenvalue weighted by Crippen LogP contribution is -2.08. The summed E-state index contributed by atoms with van der Waals surface area (Å²) in [5, 5.41) is 6.68. The summed E-state index contributed by atoms with van der Waals surface area (Å²) in [6.45, 7) is 4.56. The van der Waals surface area contributed by atoms with Gasteiger partial charge in [0.2, 0.25) is 5.89 Å². The Hall–Kier alpha value is -1.98. The molecule has 84 valence electrons. The number of hydrogen-bond donors (Lipinski definition) is 1. The third kappa shape index (κ3) is 2.53. The molecule has 0 radical (unpaired) electrons. The smallest absolute Gasteiger partial charge is 0.228 e. The molecule has 0 aliphatic rings. The quantitative estimate of drug-likeness (QED) is 0.830. The average molecular weight is 219 g/mol. The molecule has 2 rings (SSSR count). The first-order valence-electron chi connectivity index (χ1n) is 5.05. The maximum atomic E-state index is 4.88. The number of nitrogens with one attached hydrogen (secondary N) is 1. The Bertz CT molecular complexity index is 454. The summed E-state index contributed by atoms with van der Waals surface area (Å²) in [5.74, 6) is 1.38. The van der Waals surface area contributed by atoms with Crippen molar-refractivity contribution in [3.05, 3.63) is 29.8 Å². The minimum absolute atomic E-state index is 0.615. The molecule has 0 aliphatic carbocycles. The SMILES string of the molecule is Cc1ncc(NCCc2ncno2)nc1C. The highest BCUT2D eigenvalue weighted by Gasteiger charge is 2.01. The number of aromatic nitrogens is 4. The van der Waals surface area contributed by atoms with Crippen molar-refractivity contribution in [2.45, 2.75) is 20.3 Å². The number of aryl methyl sites for hydroxylation is 2. The number of hydrogen-bond acceptors (Lipinski definition) is 6. The largest absolute Gasteiger partial charge is 0.368 e. The van der Waals surface area contributed by atoms with Crippen LogP contribution < -0.4 is 5.32 Å². The molecule has 0 saturated heterocycles. The van der Waals surface area contributed by atoms with Crippen molar-refractivity contribution < 1.29 is 4.52 Å². The van der Waals surface area contributed by atoms with Crippen molar-refractivity contribution in [3.8, 4) is 0 Å². The Morgan fingerprint density at radius 1 is 1.25 bits per heavy atom. The molecule has 0 amide bonds. The van der Waals surface area contributed by atoms with Gasteiger partial charge in [-0.05, 0) is 13.8 Å². The van der Waals surface area contributed by atoms with Gasteiger partial charge in [0.15, 0.2) is 6.33 Å². The summed E-state index contributed by atoms with van der Waals surface area (Å²) in [5.41, 5.74) is 1.88. The summed E-state index contributed by atoms with van der Waals surface area (Å²) < 4.78 is 4.88. The standard InChI is InChI=1S/C10H13N5O/c1-7-8(2)15-9(5-12-7)11-4-3-10-13-6-14-16-10/h5-6H,3-4H2,1-2H3,(H,11,15). The third-order valence-corrected chi connectivity index (χ3v) is 2.24. The second-order valence-corrected chi connectivity index (χ2v) is 3.44. The molecule has 2 aromatic heterocycles. The van der Waals surface area contributed by atoms with E-state index in [9.17, 15) is 0 Å². The van der Waals surface area contributed by atoms with Gasteiger partial charge in [0, 0.05) is 13.0 Å². The normalized spacial score (nSPS) is 10.4. The summed E-state index contributed by atoms with van der Waals surface area (Å²) in [6.07, 6.45) is 3.79. The molecule has 1 N–H and O–H groups in total. The van der Waals surface area contributed by atoms with Crippen LogP contribution in [0.3, 0.4) is 0 Å². The number of rotatable bonds is 4. The van der Waals surface area contributed by atoms with E-state index in [4.69, 9.17) is 4.52 Å². The molecule has 0 aliphatic heterocycles. The van der Waals surface area contributed by atoms with E-state index in [0.717, 1.165) is 17.2 Å². The Morgan fingerprint density at radius 3 is 2.81 bits per heavy atom. The zero-order chi connectivity index (χ0) is 11.4. The molecule has 0 spiro atoms. The average Bonchev–Trinajstić information content (AvgIpc) is 2.76. The van der Waals surface area contributed by atoms with Crippen LogP contribution in [0.1, 0.15) is 17.3 Å². The molecule has 0 bridgehead atoms. The first kappa shape index (κ1) is 10.5. The summed E-state index contributed by atoms with van der Waals surface area (Å²) >= 11 is 0. The summed E-state index contributed by atoms with van der Waals surface area (Å²) in [6, 6.07) is 0. The molecular weight excluding hydrogens is 206 g/mol. The van der Waals surface area contributed by atoms with Crippen LogP contribution in [0.5, 0.6) is 0 Å². The van der Waals surface area contributed by atoms with E-state index in [2.05, 4.69) is 25.4 Å². The van der Waals surface area contributed by atoms with Crippen molar-refractivity contribution in [1.82, 2.24) is 20.1 Å². The van der Waals surface area contributed by atoms with Crippen LogP contribution in [0.4, 0.5) is 5.82 Å². The van der Waals surface area contributed by atoms with Crippen LogP contribution >= 0.6 is 0 Å². The van der Waals surface area contributed by atoms with Gasteiger partial charge in [-0.3, -0.25) is 4.98 Å². The molecule has 6 nitrogen and oxygen atoms in total. The maximum Gasteiger partial charge on any atom is 0.228 e. The lowest BCUT2D eigenvalue weighted by molar-refractivity contribution is 0.379. The Labute approximate surface area is 93.1 Å². The molecule has 2 aromatic rings. The zero-order valence-electron chi connectivity index (χ0n) is 9.27. The van der Waals surface area contributed by atoms with Crippen molar-refractivity contribution in [2.24, 2.45) is 0 Å². The third-order valence-electron chi connectivity index (χ3n) is 2.24. The minimum Gasteiger partial charge on any atom is -0.368 e. The molecule has 16 heavy (non-hydrogen) atoms. The Kier molecular flexibility index (Phi) is 3.09. The molecule has 0 aromatic carbocycles. The van der Waals surface area contributed by atoms with Crippen LogP contribution in [0.2, 0.25) is 0 Å². The zero-order valence-corrected chi connectivity index (χ0v) is 9.27. The number of anilines is 1. The fraction of sp³-hybridized carbons (Fsp3) is 0.400. The van der Waals surface area contributed by atoms with Gasteiger partial charge < -0.3 is 9.84 Å². The van der Waals surface area contributed by atoms with Gasteiger partial charge in [0.05, 0.1) is 17.6 Å². The predicted molar refractivity (Wildman–Crippen MR) is 58.0 cm³/mol. The molecule has 0 fully saturated rings. The van der Waals surface area contributed by atoms with E-state index < -0.39 is 0 Å².